The van der Waals surface area contributed by atoms with E-state index in [4.69, 9.17) is 33.1 Å². The van der Waals surface area contributed by atoms with E-state index in [9.17, 15) is 0 Å². The maximum absolute atomic E-state index is 7.79. The highest BCUT2D eigenvalue weighted by molar-refractivity contribution is 6.12. The summed E-state index contributed by atoms with van der Waals surface area (Å²) in [5.41, 5.74) is 16.5. The smallest absolute Gasteiger partial charge is 0.187 e. The Hall–Kier alpha value is -10.1. The van der Waals surface area contributed by atoms with Gasteiger partial charge in [-0.15, -0.1) is 0 Å². The lowest BCUT2D eigenvalue weighted by Crippen LogP contribution is -2.02. The molecule has 3 heterocycles. The van der Waals surface area contributed by atoms with Crippen LogP contribution in [0, 0.1) is 13.1 Å². The highest BCUT2D eigenvalue weighted by Gasteiger charge is 2.22. The Bertz CT molecular complexity index is 3830. The van der Waals surface area contributed by atoms with Gasteiger partial charge in [0.2, 0.25) is 0 Å². The van der Waals surface area contributed by atoms with Gasteiger partial charge in [-0.05, 0) is 70.8 Å². The minimum atomic E-state index is 0.579. The largest absolute Gasteiger partial charge is 0.309 e. The third kappa shape index (κ3) is 8.16. The van der Waals surface area contributed by atoms with Crippen LogP contribution in [0.15, 0.2) is 237 Å². The Balaban J connectivity index is 1.18. The molecule has 12 aromatic rings. The van der Waals surface area contributed by atoms with Crippen molar-refractivity contribution in [2.24, 2.45) is 0 Å². The monoisotopic (exact) mass is 905 g/mol. The average molecular weight is 906 g/mol. The van der Waals surface area contributed by atoms with Crippen LogP contribution in [-0.4, -0.2) is 24.5 Å². The SMILES string of the molecule is [C-]#[N+]c1cccc(-c2ccc3c4ccc(-c5cccc([N+]#[C-])c5)cc4n(-c4ccc(-c5cc(-c6ccccc6)nc(-c6ccccc6)n5)cc4-c4cc(-c5ccccc5)nc(-c5ccccc5)n4)c3c2)c1. The zero-order chi connectivity index (χ0) is 47.7. The fourth-order valence-corrected chi connectivity index (χ4v) is 9.37. The molecule has 0 aliphatic rings. The van der Waals surface area contributed by atoms with Gasteiger partial charge in [0.25, 0.3) is 0 Å². The molecule has 0 saturated heterocycles. The van der Waals surface area contributed by atoms with Crippen LogP contribution >= 0.6 is 0 Å². The second-order valence-corrected chi connectivity index (χ2v) is 17.2. The van der Waals surface area contributed by atoms with Crippen LogP contribution in [0.5, 0.6) is 0 Å². The summed E-state index contributed by atoms with van der Waals surface area (Å²) in [7, 11) is 0. The quantitative estimate of drug-likeness (QED) is 0.135. The second-order valence-electron chi connectivity index (χ2n) is 17.2. The normalized spacial score (nSPS) is 11.1. The third-order valence-electron chi connectivity index (χ3n) is 12.8. The predicted octanol–water partition coefficient (Wildman–Crippen LogP) is 16.8. The number of nitrogens with zero attached hydrogens (tertiary/aromatic N) is 7. The van der Waals surface area contributed by atoms with E-state index in [1.54, 1.807) is 0 Å². The lowest BCUT2D eigenvalue weighted by atomic mass is 9.99. The van der Waals surface area contributed by atoms with Crippen LogP contribution in [0.25, 0.3) is 127 Å². The Labute approximate surface area is 411 Å². The van der Waals surface area contributed by atoms with E-state index >= 15 is 0 Å². The number of hydrogen-bond donors (Lipinski definition) is 0. The number of aromatic nitrogens is 5. The van der Waals surface area contributed by atoms with Crippen molar-refractivity contribution in [1.82, 2.24) is 24.5 Å². The van der Waals surface area contributed by atoms with Gasteiger partial charge < -0.3 is 4.57 Å². The van der Waals surface area contributed by atoms with E-state index in [1.807, 2.05) is 133 Å². The van der Waals surface area contributed by atoms with E-state index in [1.165, 1.54) is 0 Å². The number of benzene rings is 9. The average Bonchev–Trinajstić information content (AvgIpc) is 3.78. The number of hydrogen-bond acceptors (Lipinski definition) is 4. The van der Waals surface area contributed by atoms with Crippen molar-refractivity contribution in [3.05, 3.63) is 259 Å². The van der Waals surface area contributed by atoms with Gasteiger partial charge in [0.1, 0.15) is 0 Å². The molecule has 0 fully saturated rings. The second kappa shape index (κ2) is 18.2. The highest BCUT2D eigenvalue weighted by Crippen LogP contribution is 2.42. The van der Waals surface area contributed by atoms with Crippen molar-refractivity contribution in [1.29, 1.82) is 0 Å². The molecule has 7 heteroatoms. The van der Waals surface area contributed by atoms with Gasteiger partial charge in [-0.2, -0.15) is 0 Å². The Morgan fingerprint density at radius 1 is 0.296 bits per heavy atom. The molecule has 0 aliphatic heterocycles. The van der Waals surface area contributed by atoms with Crippen LogP contribution < -0.4 is 0 Å². The molecule has 9 aromatic carbocycles. The molecule has 0 bridgehead atoms. The molecular weight excluding hydrogens is 867 g/mol. The minimum Gasteiger partial charge on any atom is -0.309 e. The first-order valence-corrected chi connectivity index (χ1v) is 23.3. The van der Waals surface area contributed by atoms with Crippen molar-refractivity contribution < 1.29 is 0 Å². The van der Waals surface area contributed by atoms with Crippen LogP contribution in [0.1, 0.15) is 0 Å². The van der Waals surface area contributed by atoms with Gasteiger partial charge >= 0.3 is 0 Å². The zero-order valence-corrected chi connectivity index (χ0v) is 38.1. The minimum absolute atomic E-state index is 0.579. The molecule has 7 nitrogen and oxygen atoms in total. The first kappa shape index (κ1) is 42.3. The fourth-order valence-electron chi connectivity index (χ4n) is 9.37. The molecule has 3 aromatic heterocycles. The maximum Gasteiger partial charge on any atom is 0.187 e. The molecule has 0 saturated carbocycles. The predicted molar refractivity (Wildman–Crippen MR) is 288 cm³/mol. The molecule has 0 N–H and O–H groups in total. The van der Waals surface area contributed by atoms with E-state index in [-0.39, 0.29) is 0 Å². The van der Waals surface area contributed by atoms with Crippen LogP contribution in [-0.2, 0) is 0 Å². The Morgan fingerprint density at radius 3 is 1.14 bits per heavy atom. The standard InChI is InChI=1S/C64H39N7/c1-65-51-27-15-25-46(35-51)48-29-32-53-54-33-30-49(47-26-16-28-52(36-47)66-2)39-62(54)71(61(53)38-48)60-34-31-50(58-40-56(42-17-7-3-8-18-42)67-63(69-58)44-21-11-5-12-22-44)37-55(60)59-41-57(43-19-9-4-10-20-43)68-64(70-59)45-23-13-6-14-24-45/h3-41H. The van der Waals surface area contributed by atoms with E-state index in [0.717, 1.165) is 106 Å². The lowest BCUT2D eigenvalue weighted by molar-refractivity contribution is 1.15. The first-order chi connectivity index (χ1) is 35.1. The lowest BCUT2D eigenvalue weighted by Gasteiger charge is -2.18. The first-order valence-electron chi connectivity index (χ1n) is 23.3. The molecule has 0 amide bonds. The molecule has 0 spiro atoms. The summed E-state index contributed by atoms with van der Waals surface area (Å²) >= 11 is 0. The molecule has 0 unspecified atom stereocenters. The van der Waals surface area contributed by atoms with Gasteiger partial charge in [0.05, 0.1) is 52.6 Å². The molecule has 12 rings (SSSR count). The summed E-state index contributed by atoms with van der Waals surface area (Å²) < 4.78 is 2.34. The zero-order valence-electron chi connectivity index (χ0n) is 38.1. The molecular formula is C64H39N7. The molecule has 0 radical (unpaired) electrons. The van der Waals surface area contributed by atoms with Crippen molar-refractivity contribution in [2.45, 2.75) is 0 Å². The van der Waals surface area contributed by atoms with E-state index in [2.05, 4.69) is 117 Å². The summed E-state index contributed by atoms with van der Waals surface area (Å²) in [6.07, 6.45) is 0. The summed E-state index contributed by atoms with van der Waals surface area (Å²) in [5.74, 6) is 1.23. The molecule has 0 atom stereocenters. The van der Waals surface area contributed by atoms with E-state index in [0.29, 0.717) is 23.0 Å². The topological polar surface area (TPSA) is 65.2 Å². The highest BCUT2D eigenvalue weighted by atomic mass is 15.0. The summed E-state index contributed by atoms with van der Waals surface area (Å²) in [6.45, 7) is 15.6. The number of fused-ring (bicyclic) bond motifs is 3. The summed E-state index contributed by atoms with van der Waals surface area (Å²) in [4.78, 5) is 28.6. The van der Waals surface area contributed by atoms with Crippen LogP contribution in [0.3, 0.4) is 0 Å². The van der Waals surface area contributed by atoms with Crippen molar-refractivity contribution in [2.75, 3.05) is 0 Å². The van der Waals surface area contributed by atoms with Crippen molar-refractivity contribution in [3.8, 4) is 95.7 Å². The van der Waals surface area contributed by atoms with Gasteiger partial charge in [-0.1, -0.05) is 188 Å². The summed E-state index contributed by atoms with van der Waals surface area (Å²) in [6, 6.07) is 80.0. The van der Waals surface area contributed by atoms with Gasteiger partial charge in [0.15, 0.2) is 23.0 Å². The van der Waals surface area contributed by atoms with E-state index < -0.39 is 0 Å². The molecule has 71 heavy (non-hydrogen) atoms. The van der Waals surface area contributed by atoms with Gasteiger partial charge in [0, 0.05) is 44.2 Å². The molecule has 330 valence electrons. The maximum atomic E-state index is 7.79. The Kier molecular flexibility index (Phi) is 10.8. The third-order valence-corrected chi connectivity index (χ3v) is 12.8. The Morgan fingerprint density at radius 2 is 0.676 bits per heavy atom. The van der Waals surface area contributed by atoms with Crippen LogP contribution in [0.2, 0.25) is 0 Å². The number of rotatable bonds is 9. The van der Waals surface area contributed by atoms with Crippen LogP contribution in [0.4, 0.5) is 11.4 Å². The van der Waals surface area contributed by atoms with Gasteiger partial charge in [-0.3, -0.25) is 0 Å². The van der Waals surface area contributed by atoms with Gasteiger partial charge in [-0.25, -0.2) is 29.6 Å². The van der Waals surface area contributed by atoms with Crippen molar-refractivity contribution >= 4 is 33.2 Å². The summed E-state index contributed by atoms with van der Waals surface area (Å²) in [5, 5.41) is 2.13. The fraction of sp³-hybridized carbons (Fsp3) is 0. The van der Waals surface area contributed by atoms with Crippen molar-refractivity contribution in [3.63, 3.8) is 0 Å². The molecule has 0 aliphatic carbocycles.